The van der Waals surface area contributed by atoms with Gasteiger partial charge in [0.05, 0.1) is 6.04 Å². The average molecular weight is 279 g/mol. The molecule has 1 saturated carbocycles. The summed E-state index contributed by atoms with van der Waals surface area (Å²) >= 11 is 0. The molecule has 2 saturated heterocycles. The summed E-state index contributed by atoms with van der Waals surface area (Å²) < 4.78 is 0. The average Bonchev–Trinajstić information content (AvgIpc) is 2.96. The molecule has 0 radical (unpaired) electrons. The predicted molar refractivity (Wildman–Crippen MR) is 76.1 cm³/mol. The van der Waals surface area contributed by atoms with E-state index in [1.54, 1.807) is 0 Å². The molecule has 0 aromatic rings. The molecule has 5 heteroatoms. The highest BCUT2D eigenvalue weighted by Gasteiger charge is 2.36. The van der Waals surface area contributed by atoms with E-state index >= 15 is 0 Å². The van der Waals surface area contributed by atoms with Gasteiger partial charge in [-0.25, -0.2) is 0 Å². The van der Waals surface area contributed by atoms with E-state index in [2.05, 4.69) is 16.0 Å². The summed E-state index contributed by atoms with van der Waals surface area (Å²) in [7, 11) is 0. The molecule has 2 heterocycles. The molecule has 3 rings (SSSR count). The highest BCUT2D eigenvalue weighted by molar-refractivity contribution is 6.00. The monoisotopic (exact) mass is 279 g/mol. The maximum Gasteiger partial charge on any atom is 0.243 e. The molecular weight excluding hydrogens is 254 g/mol. The minimum Gasteiger partial charge on any atom is -0.314 e. The summed E-state index contributed by atoms with van der Waals surface area (Å²) in [4.78, 5) is 23.1. The van der Waals surface area contributed by atoms with Crippen molar-refractivity contribution in [2.24, 2.45) is 5.92 Å². The van der Waals surface area contributed by atoms with Gasteiger partial charge in [-0.05, 0) is 44.6 Å². The Morgan fingerprint density at radius 3 is 2.60 bits per heavy atom. The van der Waals surface area contributed by atoms with E-state index in [1.165, 1.54) is 32.1 Å². The Bertz CT molecular complexity index is 379. The van der Waals surface area contributed by atoms with Gasteiger partial charge in [0.15, 0.2) is 0 Å². The topological polar surface area (TPSA) is 70.2 Å². The largest absolute Gasteiger partial charge is 0.314 e. The number of imide groups is 1. The maximum atomic E-state index is 11.9. The van der Waals surface area contributed by atoms with Crippen molar-refractivity contribution < 1.29 is 9.59 Å². The molecule has 20 heavy (non-hydrogen) atoms. The molecule has 3 fully saturated rings. The van der Waals surface area contributed by atoms with Crippen LogP contribution >= 0.6 is 0 Å². The van der Waals surface area contributed by atoms with Crippen molar-refractivity contribution in [3.63, 3.8) is 0 Å². The molecule has 3 N–H and O–H groups in total. The van der Waals surface area contributed by atoms with Crippen LogP contribution in [0.4, 0.5) is 0 Å². The lowest BCUT2D eigenvalue weighted by Gasteiger charge is -2.38. The van der Waals surface area contributed by atoms with Gasteiger partial charge in [-0.3, -0.25) is 14.9 Å². The third-order valence-corrected chi connectivity index (χ3v) is 5.09. The molecule has 112 valence electrons. The first-order valence-corrected chi connectivity index (χ1v) is 8.07. The van der Waals surface area contributed by atoms with Gasteiger partial charge in [0.25, 0.3) is 0 Å². The summed E-state index contributed by atoms with van der Waals surface area (Å²) in [6.45, 7) is 1.13. The molecular formula is C15H25N3O2. The zero-order chi connectivity index (χ0) is 13.9. The van der Waals surface area contributed by atoms with Crippen molar-refractivity contribution in [2.75, 3.05) is 6.54 Å². The lowest BCUT2D eigenvalue weighted by molar-refractivity contribution is -0.135. The fraction of sp³-hybridized carbons (Fsp3) is 0.867. The van der Waals surface area contributed by atoms with Crippen LogP contribution in [0.25, 0.3) is 0 Å². The van der Waals surface area contributed by atoms with E-state index in [1.807, 2.05) is 0 Å². The van der Waals surface area contributed by atoms with E-state index in [4.69, 9.17) is 0 Å². The standard InChI is InChI=1S/C15H25N3O2/c19-14-8-7-13(15(20)18-14)17-12-5-2-1-4-10(12)11-6-3-9-16-11/h10-13,16-17H,1-9H2,(H,18,19,20). The van der Waals surface area contributed by atoms with E-state index in [0.29, 0.717) is 30.8 Å². The third-order valence-electron chi connectivity index (χ3n) is 5.09. The first-order chi connectivity index (χ1) is 9.74. The number of hydrogen-bond donors (Lipinski definition) is 3. The normalized spacial score (nSPS) is 38.8. The number of nitrogens with one attached hydrogen (secondary N) is 3. The van der Waals surface area contributed by atoms with Crippen LogP contribution in [-0.4, -0.2) is 36.5 Å². The Hall–Kier alpha value is -0.940. The molecule has 3 aliphatic rings. The highest BCUT2D eigenvalue weighted by atomic mass is 16.2. The predicted octanol–water partition coefficient (Wildman–Crippen LogP) is 0.692. The Morgan fingerprint density at radius 2 is 1.85 bits per heavy atom. The van der Waals surface area contributed by atoms with Crippen LogP contribution in [-0.2, 0) is 9.59 Å². The summed E-state index contributed by atoms with van der Waals surface area (Å²) in [6.07, 6.45) is 8.59. The Labute approximate surface area is 120 Å². The maximum absolute atomic E-state index is 11.9. The van der Waals surface area contributed by atoms with Crippen LogP contribution < -0.4 is 16.0 Å². The zero-order valence-corrected chi connectivity index (χ0v) is 12.0. The van der Waals surface area contributed by atoms with Gasteiger partial charge >= 0.3 is 0 Å². The molecule has 2 aliphatic heterocycles. The molecule has 4 unspecified atom stereocenters. The number of amides is 2. The van der Waals surface area contributed by atoms with Crippen LogP contribution in [0.15, 0.2) is 0 Å². The van der Waals surface area contributed by atoms with Gasteiger partial charge in [0, 0.05) is 18.5 Å². The first kappa shape index (κ1) is 14.0. The SMILES string of the molecule is O=C1CCC(NC2CCCCC2C2CCCN2)C(=O)N1. The molecule has 2 amide bonds. The molecule has 0 spiro atoms. The van der Waals surface area contributed by atoms with Crippen LogP contribution in [0, 0.1) is 5.92 Å². The fourth-order valence-corrected chi connectivity index (χ4v) is 4.04. The minimum atomic E-state index is -0.181. The minimum absolute atomic E-state index is 0.134. The third kappa shape index (κ3) is 3.04. The summed E-state index contributed by atoms with van der Waals surface area (Å²) in [5, 5.41) is 9.62. The number of hydrogen-bond acceptors (Lipinski definition) is 4. The van der Waals surface area contributed by atoms with Crippen molar-refractivity contribution in [3.05, 3.63) is 0 Å². The van der Waals surface area contributed by atoms with E-state index in [0.717, 1.165) is 13.0 Å². The smallest absolute Gasteiger partial charge is 0.243 e. The van der Waals surface area contributed by atoms with E-state index in [9.17, 15) is 9.59 Å². The van der Waals surface area contributed by atoms with Gasteiger partial charge in [-0.2, -0.15) is 0 Å². The summed E-state index contributed by atoms with van der Waals surface area (Å²) in [6, 6.07) is 0.851. The first-order valence-electron chi connectivity index (χ1n) is 8.07. The molecule has 0 aromatic carbocycles. The second kappa shape index (κ2) is 6.22. The van der Waals surface area contributed by atoms with Crippen molar-refractivity contribution in [1.82, 2.24) is 16.0 Å². The van der Waals surface area contributed by atoms with Crippen molar-refractivity contribution in [2.45, 2.75) is 69.5 Å². The second-order valence-corrected chi connectivity index (χ2v) is 6.43. The Balaban J connectivity index is 1.61. The van der Waals surface area contributed by atoms with Crippen LogP contribution in [0.2, 0.25) is 0 Å². The Morgan fingerprint density at radius 1 is 1.00 bits per heavy atom. The van der Waals surface area contributed by atoms with Crippen molar-refractivity contribution in [3.8, 4) is 0 Å². The fourth-order valence-electron chi connectivity index (χ4n) is 4.04. The number of carbonyl (C=O) groups is 2. The number of rotatable bonds is 3. The number of carbonyl (C=O) groups excluding carboxylic acids is 2. The number of piperidine rings is 1. The van der Waals surface area contributed by atoms with Crippen molar-refractivity contribution >= 4 is 11.8 Å². The molecule has 0 bridgehead atoms. The molecule has 0 aromatic heterocycles. The van der Waals surface area contributed by atoms with Gasteiger partial charge in [-0.1, -0.05) is 12.8 Å². The quantitative estimate of drug-likeness (QED) is 0.665. The van der Waals surface area contributed by atoms with Gasteiger partial charge in [0.2, 0.25) is 11.8 Å². The zero-order valence-electron chi connectivity index (χ0n) is 12.0. The molecule has 4 atom stereocenters. The lowest BCUT2D eigenvalue weighted by Crippen LogP contribution is -2.57. The van der Waals surface area contributed by atoms with Gasteiger partial charge in [-0.15, -0.1) is 0 Å². The molecule has 1 aliphatic carbocycles. The second-order valence-electron chi connectivity index (χ2n) is 6.43. The summed E-state index contributed by atoms with van der Waals surface area (Å²) in [5.74, 6) is 0.368. The van der Waals surface area contributed by atoms with E-state index < -0.39 is 0 Å². The van der Waals surface area contributed by atoms with Crippen LogP contribution in [0.3, 0.4) is 0 Å². The van der Waals surface area contributed by atoms with Gasteiger partial charge < -0.3 is 10.6 Å². The summed E-state index contributed by atoms with van der Waals surface area (Å²) in [5.41, 5.74) is 0. The van der Waals surface area contributed by atoms with Gasteiger partial charge in [0.1, 0.15) is 0 Å². The molecule has 5 nitrogen and oxygen atoms in total. The lowest BCUT2D eigenvalue weighted by atomic mass is 9.78. The van der Waals surface area contributed by atoms with Crippen molar-refractivity contribution in [1.29, 1.82) is 0 Å². The highest BCUT2D eigenvalue weighted by Crippen LogP contribution is 2.31. The van der Waals surface area contributed by atoms with E-state index in [-0.39, 0.29) is 17.9 Å². The van der Waals surface area contributed by atoms with Crippen LogP contribution in [0.5, 0.6) is 0 Å². The Kier molecular flexibility index (Phi) is 4.36. The van der Waals surface area contributed by atoms with Crippen LogP contribution in [0.1, 0.15) is 51.4 Å².